The summed E-state index contributed by atoms with van der Waals surface area (Å²) in [7, 11) is 2.22. The molecule has 1 aromatic rings. The third kappa shape index (κ3) is 4.86. The Morgan fingerprint density at radius 1 is 1.43 bits per heavy atom. The van der Waals surface area contributed by atoms with Gasteiger partial charge in [-0.1, -0.05) is 27.2 Å². The maximum absolute atomic E-state index is 4.94. The summed E-state index contributed by atoms with van der Waals surface area (Å²) in [4.78, 5) is 8.79. The predicted molar refractivity (Wildman–Crippen MR) is 96.8 cm³/mol. The summed E-state index contributed by atoms with van der Waals surface area (Å²) in [5.41, 5.74) is 1.31. The molecule has 1 unspecified atom stereocenters. The first-order valence-corrected chi connectivity index (χ1v) is 10.1. The fourth-order valence-electron chi connectivity index (χ4n) is 2.55. The molecule has 0 saturated carbocycles. The molecule has 2 heterocycles. The molecule has 0 amide bonds. The van der Waals surface area contributed by atoms with E-state index in [1.165, 1.54) is 40.0 Å². The van der Waals surface area contributed by atoms with E-state index in [4.69, 9.17) is 4.98 Å². The second-order valence-electron chi connectivity index (χ2n) is 6.27. The van der Waals surface area contributed by atoms with Crippen LogP contribution in [0.5, 0.6) is 0 Å². The molecule has 21 heavy (non-hydrogen) atoms. The number of nitrogens with zero attached hydrogens (tertiary/aromatic N) is 2. The van der Waals surface area contributed by atoms with E-state index in [2.05, 4.69) is 49.8 Å². The standard InChI is InChI=1S/C16H29N3S2/c1-5-6-14-15(10-17-9-12(2)3)21-16(18-14)19(4)13-7-8-20-11-13/h12-13,17H,5-11H2,1-4H3. The van der Waals surface area contributed by atoms with Crippen LogP contribution in [0.1, 0.15) is 44.2 Å². The lowest BCUT2D eigenvalue weighted by molar-refractivity contribution is 0.553. The Morgan fingerprint density at radius 3 is 2.86 bits per heavy atom. The molecule has 1 aromatic heterocycles. The van der Waals surface area contributed by atoms with Crippen LogP contribution in [0.4, 0.5) is 5.13 Å². The summed E-state index contributed by atoms with van der Waals surface area (Å²) in [5.74, 6) is 3.25. The quantitative estimate of drug-likeness (QED) is 0.786. The van der Waals surface area contributed by atoms with Crippen LogP contribution in [0.25, 0.3) is 0 Å². The Hall–Kier alpha value is -0.260. The van der Waals surface area contributed by atoms with Crippen molar-refractivity contribution in [3.05, 3.63) is 10.6 Å². The number of hydrogen-bond donors (Lipinski definition) is 1. The summed E-state index contributed by atoms with van der Waals surface area (Å²) in [5, 5.41) is 4.78. The number of thiazole rings is 1. The van der Waals surface area contributed by atoms with Gasteiger partial charge in [-0.15, -0.1) is 11.3 Å². The van der Waals surface area contributed by atoms with E-state index in [9.17, 15) is 0 Å². The number of thioether (sulfide) groups is 1. The highest BCUT2D eigenvalue weighted by Crippen LogP contribution is 2.31. The van der Waals surface area contributed by atoms with Gasteiger partial charge in [0.1, 0.15) is 0 Å². The van der Waals surface area contributed by atoms with Crippen molar-refractivity contribution in [2.24, 2.45) is 5.92 Å². The van der Waals surface area contributed by atoms with Crippen molar-refractivity contribution in [1.29, 1.82) is 0 Å². The number of aryl methyl sites for hydroxylation is 1. The van der Waals surface area contributed by atoms with Gasteiger partial charge in [0.05, 0.1) is 5.69 Å². The summed E-state index contributed by atoms with van der Waals surface area (Å²) < 4.78 is 0. The molecule has 5 heteroatoms. The van der Waals surface area contributed by atoms with Gasteiger partial charge in [0.2, 0.25) is 0 Å². The number of aromatic nitrogens is 1. The molecule has 1 N–H and O–H groups in total. The molecule has 0 aliphatic carbocycles. The van der Waals surface area contributed by atoms with Crippen LogP contribution in [-0.4, -0.2) is 36.1 Å². The predicted octanol–water partition coefficient (Wildman–Crippen LogP) is 3.78. The largest absolute Gasteiger partial charge is 0.347 e. The second-order valence-corrected chi connectivity index (χ2v) is 8.48. The highest BCUT2D eigenvalue weighted by Gasteiger charge is 2.23. The van der Waals surface area contributed by atoms with Crippen molar-refractivity contribution in [3.63, 3.8) is 0 Å². The zero-order chi connectivity index (χ0) is 15.2. The van der Waals surface area contributed by atoms with Crippen molar-refractivity contribution in [2.75, 3.05) is 30.0 Å². The van der Waals surface area contributed by atoms with Crippen molar-refractivity contribution in [3.8, 4) is 0 Å². The van der Waals surface area contributed by atoms with Crippen LogP contribution in [0.2, 0.25) is 0 Å². The van der Waals surface area contributed by atoms with E-state index in [0.717, 1.165) is 19.5 Å². The van der Waals surface area contributed by atoms with Gasteiger partial charge in [-0.2, -0.15) is 11.8 Å². The Labute approximate surface area is 137 Å². The molecular weight excluding hydrogens is 298 g/mol. The zero-order valence-corrected chi connectivity index (χ0v) is 15.4. The molecule has 1 atom stereocenters. The molecule has 0 spiro atoms. The lowest BCUT2D eigenvalue weighted by Gasteiger charge is -2.22. The van der Waals surface area contributed by atoms with E-state index in [1.807, 2.05) is 11.3 Å². The van der Waals surface area contributed by atoms with Gasteiger partial charge in [-0.3, -0.25) is 0 Å². The molecule has 1 saturated heterocycles. The van der Waals surface area contributed by atoms with Crippen molar-refractivity contribution in [1.82, 2.24) is 10.3 Å². The van der Waals surface area contributed by atoms with Crippen LogP contribution < -0.4 is 10.2 Å². The van der Waals surface area contributed by atoms with Crippen LogP contribution in [0, 0.1) is 5.92 Å². The first kappa shape index (κ1) is 17.1. The first-order chi connectivity index (χ1) is 10.1. The molecule has 3 nitrogen and oxygen atoms in total. The maximum atomic E-state index is 4.94. The Morgan fingerprint density at radius 2 is 2.24 bits per heavy atom. The zero-order valence-electron chi connectivity index (χ0n) is 13.8. The number of nitrogens with one attached hydrogen (secondary N) is 1. The second kappa shape index (κ2) is 8.39. The molecule has 1 fully saturated rings. The van der Waals surface area contributed by atoms with Crippen molar-refractivity contribution < 1.29 is 0 Å². The third-order valence-corrected chi connectivity index (χ3v) is 6.18. The topological polar surface area (TPSA) is 28.2 Å². The molecule has 2 rings (SSSR count). The number of hydrogen-bond acceptors (Lipinski definition) is 5. The van der Waals surface area contributed by atoms with E-state index < -0.39 is 0 Å². The summed E-state index contributed by atoms with van der Waals surface area (Å²) in [6.45, 7) is 8.79. The minimum atomic E-state index is 0.673. The lowest BCUT2D eigenvalue weighted by atomic mass is 10.2. The minimum absolute atomic E-state index is 0.673. The fourth-order valence-corrected chi connectivity index (χ4v) is 4.93. The molecule has 0 bridgehead atoms. The summed E-state index contributed by atoms with van der Waals surface area (Å²) >= 11 is 3.96. The molecule has 120 valence electrons. The Balaban J connectivity index is 2.04. The summed E-state index contributed by atoms with van der Waals surface area (Å²) in [6, 6.07) is 0.673. The van der Waals surface area contributed by atoms with E-state index in [0.29, 0.717) is 12.0 Å². The first-order valence-electron chi connectivity index (χ1n) is 8.11. The lowest BCUT2D eigenvalue weighted by Crippen LogP contribution is -2.31. The summed E-state index contributed by atoms with van der Waals surface area (Å²) in [6.07, 6.45) is 3.57. The van der Waals surface area contributed by atoms with Crippen molar-refractivity contribution in [2.45, 2.75) is 52.6 Å². The van der Waals surface area contributed by atoms with Gasteiger partial charge in [-0.05, 0) is 31.1 Å². The van der Waals surface area contributed by atoms with Crippen LogP contribution in [-0.2, 0) is 13.0 Å². The molecular formula is C16H29N3S2. The Bertz CT molecular complexity index is 425. The van der Waals surface area contributed by atoms with Gasteiger partial charge in [0.15, 0.2) is 5.13 Å². The number of rotatable bonds is 8. The smallest absolute Gasteiger partial charge is 0.185 e. The van der Waals surface area contributed by atoms with Gasteiger partial charge in [-0.25, -0.2) is 4.98 Å². The van der Waals surface area contributed by atoms with Gasteiger partial charge in [0, 0.05) is 30.3 Å². The third-order valence-electron chi connectivity index (χ3n) is 3.85. The van der Waals surface area contributed by atoms with E-state index in [-0.39, 0.29) is 0 Å². The molecule has 1 aliphatic heterocycles. The SMILES string of the molecule is CCCc1nc(N(C)C2CCSC2)sc1CNCC(C)C. The maximum Gasteiger partial charge on any atom is 0.185 e. The van der Waals surface area contributed by atoms with Gasteiger partial charge in [0.25, 0.3) is 0 Å². The monoisotopic (exact) mass is 327 g/mol. The normalized spacial score (nSPS) is 18.6. The highest BCUT2D eigenvalue weighted by molar-refractivity contribution is 7.99. The average Bonchev–Trinajstić information content (AvgIpc) is 3.08. The van der Waals surface area contributed by atoms with Crippen molar-refractivity contribution >= 4 is 28.2 Å². The molecule has 0 radical (unpaired) electrons. The van der Waals surface area contributed by atoms with Crippen LogP contribution in [0.15, 0.2) is 0 Å². The van der Waals surface area contributed by atoms with E-state index in [1.54, 1.807) is 0 Å². The van der Waals surface area contributed by atoms with Crippen LogP contribution >= 0.6 is 23.1 Å². The molecule has 1 aliphatic rings. The van der Waals surface area contributed by atoms with Gasteiger partial charge < -0.3 is 10.2 Å². The minimum Gasteiger partial charge on any atom is -0.347 e. The highest BCUT2D eigenvalue weighted by atomic mass is 32.2. The van der Waals surface area contributed by atoms with E-state index >= 15 is 0 Å². The van der Waals surface area contributed by atoms with Crippen LogP contribution in [0.3, 0.4) is 0 Å². The fraction of sp³-hybridized carbons (Fsp3) is 0.812. The molecule has 0 aromatic carbocycles. The average molecular weight is 328 g/mol. The van der Waals surface area contributed by atoms with Gasteiger partial charge >= 0.3 is 0 Å². The Kier molecular flexibility index (Phi) is 6.83. The number of anilines is 1.